The monoisotopic (exact) mass is 318 g/mol. The highest BCUT2D eigenvalue weighted by molar-refractivity contribution is 5.97. The van der Waals surface area contributed by atoms with Crippen molar-refractivity contribution in [2.45, 2.75) is 13.8 Å². The molecule has 126 valence electrons. The first kappa shape index (κ1) is 17.3. The molecular formula is C18H26N2O3. The Kier molecular flexibility index (Phi) is 6.04. The highest BCUT2D eigenvalue weighted by Crippen LogP contribution is 2.28. The van der Waals surface area contributed by atoms with Gasteiger partial charge in [0.15, 0.2) is 11.5 Å². The molecule has 1 heterocycles. The number of carbonyl (C=O) groups excluding carboxylic acids is 1. The molecule has 5 nitrogen and oxygen atoms in total. The minimum absolute atomic E-state index is 0.107. The molecule has 2 rings (SSSR count). The number of carbonyl (C=O) groups is 1. The minimum Gasteiger partial charge on any atom is -0.493 e. The molecule has 1 aliphatic heterocycles. The normalized spacial score (nSPS) is 16.3. The summed E-state index contributed by atoms with van der Waals surface area (Å²) in [5, 5.41) is 0. The summed E-state index contributed by atoms with van der Waals surface area (Å²) in [4.78, 5) is 16.8. The SMILES string of the molecule is CCN1CCN(C(=O)/C(C)=C/c2ccc(OC)c(OC)c2)CC1. The maximum absolute atomic E-state index is 12.6. The molecule has 1 aromatic rings. The summed E-state index contributed by atoms with van der Waals surface area (Å²) in [7, 11) is 3.22. The van der Waals surface area contributed by atoms with E-state index in [-0.39, 0.29) is 5.91 Å². The molecule has 0 bridgehead atoms. The standard InChI is InChI=1S/C18H26N2O3/c1-5-19-8-10-20(11-9-19)18(21)14(2)12-15-6-7-16(22-3)17(13-15)23-4/h6-7,12-13H,5,8-11H2,1-4H3/b14-12+. The molecule has 1 amide bonds. The first-order chi connectivity index (χ1) is 11.1. The lowest BCUT2D eigenvalue weighted by molar-refractivity contribution is -0.128. The van der Waals surface area contributed by atoms with Crippen LogP contribution in [-0.2, 0) is 4.79 Å². The predicted molar refractivity (Wildman–Crippen MR) is 91.9 cm³/mol. The van der Waals surface area contributed by atoms with Gasteiger partial charge < -0.3 is 19.3 Å². The summed E-state index contributed by atoms with van der Waals surface area (Å²) in [5.41, 5.74) is 1.67. The van der Waals surface area contributed by atoms with E-state index in [4.69, 9.17) is 9.47 Å². The number of benzene rings is 1. The van der Waals surface area contributed by atoms with E-state index in [0.29, 0.717) is 11.5 Å². The third kappa shape index (κ3) is 4.26. The summed E-state index contributed by atoms with van der Waals surface area (Å²) in [5.74, 6) is 1.46. The van der Waals surface area contributed by atoms with E-state index in [0.717, 1.165) is 43.9 Å². The van der Waals surface area contributed by atoms with E-state index in [1.165, 1.54) is 0 Å². The highest BCUT2D eigenvalue weighted by Gasteiger charge is 2.21. The van der Waals surface area contributed by atoms with Crippen molar-refractivity contribution in [1.29, 1.82) is 0 Å². The largest absolute Gasteiger partial charge is 0.493 e. The van der Waals surface area contributed by atoms with Gasteiger partial charge in [0.25, 0.3) is 0 Å². The van der Waals surface area contributed by atoms with Crippen LogP contribution in [0.3, 0.4) is 0 Å². The molecule has 0 atom stereocenters. The van der Waals surface area contributed by atoms with Crippen molar-refractivity contribution in [1.82, 2.24) is 9.80 Å². The average molecular weight is 318 g/mol. The average Bonchev–Trinajstić information content (AvgIpc) is 2.60. The van der Waals surface area contributed by atoms with Crippen molar-refractivity contribution in [3.8, 4) is 11.5 Å². The number of methoxy groups -OCH3 is 2. The van der Waals surface area contributed by atoms with Crippen molar-refractivity contribution >= 4 is 12.0 Å². The predicted octanol–water partition coefficient (Wildman–Crippen LogP) is 2.27. The molecule has 0 aliphatic carbocycles. The Hall–Kier alpha value is -2.01. The molecule has 1 aliphatic rings. The molecule has 5 heteroatoms. The van der Waals surface area contributed by atoms with Crippen LogP contribution in [0, 0.1) is 0 Å². The molecule has 1 saturated heterocycles. The van der Waals surface area contributed by atoms with Gasteiger partial charge >= 0.3 is 0 Å². The van der Waals surface area contributed by atoms with Gasteiger partial charge in [0.05, 0.1) is 14.2 Å². The van der Waals surface area contributed by atoms with Gasteiger partial charge in [-0.3, -0.25) is 4.79 Å². The van der Waals surface area contributed by atoms with Crippen molar-refractivity contribution in [3.63, 3.8) is 0 Å². The molecule has 23 heavy (non-hydrogen) atoms. The number of piperazine rings is 1. The van der Waals surface area contributed by atoms with E-state index < -0.39 is 0 Å². The van der Waals surface area contributed by atoms with Crippen LogP contribution in [0.4, 0.5) is 0 Å². The molecule has 1 aromatic carbocycles. The number of likely N-dealkylation sites (N-methyl/N-ethyl adjacent to an activating group) is 1. The maximum atomic E-state index is 12.6. The van der Waals surface area contributed by atoms with E-state index in [9.17, 15) is 4.79 Å². The zero-order chi connectivity index (χ0) is 16.8. The maximum Gasteiger partial charge on any atom is 0.249 e. The minimum atomic E-state index is 0.107. The molecule has 0 spiro atoms. The quantitative estimate of drug-likeness (QED) is 0.781. The van der Waals surface area contributed by atoms with Crippen LogP contribution in [0.5, 0.6) is 11.5 Å². The number of ether oxygens (including phenoxy) is 2. The Morgan fingerprint density at radius 2 is 1.78 bits per heavy atom. The van der Waals surface area contributed by atoms with E-state index in [1.807, 2.05) is 36.1 Å². The zero-order valence-electron chi connectivity index (χ0n) is 14.5. The van der Waals surface area contributed by atoms with Crippen LogP contribution in [-0.4, -0.2) is 62.7 Å². The van der Waals surface area contributed by atoms with Crippen LogP contribution in [0.15, 0.2) is 23.8 Å². The molecule has 0 N–H and O–H groups in total. The Balaban J connectivity index is 2.08. The lowest BCUT2D eigenvalue weighted by Gasteiger charge is -2.34. The molecule has 0 radical (unpaired) electrons. The van der Waals surface area contributed by atoms with Crippen molar-refractivity contribution in [2.75, 3.05) is 46.9 Å². The van der Waals surface area contributed by atoms with Crippen molar-refractivity contribution in [3.05, 3.63) is 29.3 Å². The fourth-order valence-corrected chi connectivity index (χ4v) is 2.77. The lowest BCUT2D eigenvalue weighted by atomic mass is 10.1. The van der Waals surface area contributed by atoms with Gasteiger partial charge in [0.2, 0.25) is 5.91 Å². The van der Waals surface area contributed by atoms with Gasteiger partial charge in [0, 0.05) is 31.8 Å². The highest BCUT2D eigenvalue weighted by atomic mass is 16.5. The van der Waals surface area contributed by atoms with Gasteiger partial charge in [-0.2, -0.15) is 0 Å². The summed E-state index contributed by atoms with van der Waals surface area (Å²) in [6.45, 7) is 8.55. The molecular weight excluding hydrogens is 292 g/mol. The van der Waals surface area contributed by atoms with Gasteiger partial charge in [-0.25, -0.2) is 0 Å². The third-order valence-electron chi connectivity index (χ3n) is 4.23. The van der Waals surface area contributed by atoms with E-state index in [1.54, 1.807) is 14.2 Å². The fraction of sp³-hybridized carbons (Fsp3) is 0.500. The molecule has 0 aromatic heterocycles. The summed E-state index contributed by atoms with van der Waals surface area (Å²) in [6, 6.07) is 5.65. The summed E-state index contributed by atoms with van der Waals surface area (Å²) >= 11 is 0. The Bertz CT molecular complexity index is 576. The zero-order valence-corrected chi connectivity index (χ0v) is 14.5. The van der Waals surface area contributed by atoms with Crippen LogP contribution in [0.2, 0.25) is 0 Å². The summed E-state index contributed by atoms with van der Waals surface area (Å²) in [6.07, 6.45) is 1.90. The second kappa shape index (κ2) is 8.02. The number of amides is 1. The van der Waals surface area contributed by atoms with Gasteiger partial charge in [0.1, 0.15) is 0 Å². The Morgan fingerprint density at radius 1 is 1.13 bits per heavy atom. The summed E-state index contributed by atoms with van der Waals surface area (Å²) < 4.78 is 10.5. The Labute approximate surface area is 138 Å². The second-order valence-corrected chi connectivity index (χ2v) is 5.67. The second-order valence-electron chi connectivity index (χ2n) is 5.67. The first-order valence-corrected chi connectivity index (χ1v) is 8.01. The van der Waals surface area contributed by atoms with Crippen molar-refractivity contribution in [2.24, 2.45) is 0 Å². The number of hydrogen-bond acceptors (Lipinski definition) is 4. The van der Waals surface area contributed by atoms with Gasteiger partial charge in [-0.15, -0.1) is 0 Å². The Morgan fingerprint density at radius 3 is 2.35 bits per heavy atom. The van der Waals surface area contributed by atoms with Gasteiger partial charge in [-0.1, -0.05) is 13.0 Å². The van der Waals surface area contributed by atoms with E-state index in [2.05, 4.69) is 11.8 Å². The number of rotatable bonds is 5. The molecule has 1 fully saturated rings. The fourth-order valence-electron chi connectivity index (χ4n) is 2.77. The number of hydrogen-bond donors (Lipinski definition) is 0. The van der Waals surface area contributed by atoms with Crippen LogP contribution >= 0.6 is 0 Å². The third-order valence-corrected chi connectivity index (χ3v) is 4.23. The smallest absolute Gasteiger partial charge is 0.249 e. The van der Waals surface area contributed by atoms with Crippen LogP contribution in [0.1, 0.15) is 19.4 Å². The molecule has 0 saturated carbocycles. The van der Waals surface area contributed by atoms with Crippen LogP contribution < -0.4 is 9.47 Å². The molecule has 0 unspecified atom stereocenters. The first-order valence-electron chi connectivity index (χ1n) is 8.01. The van der Waals surface area contributed by atoms with Crippen molar-refractivity contribution < 1.29 is 14.3 Å². The lowest BCUT2D eigenvalue weighted by Crippen LogP contribution is -2.48. The number of nitrogens with zero attached hydrogens (tertiary/aromatic N) is 2. The van der Waals surface area contributed by atoms with Gasteiger partial charge in [-0.05, 0) is 37.2 Å². The van der Waals surface area contributed by atoms with E-state index >= 15 is 0 Å². The topological polar surface area (TPSA) is 42.0 Å². The van der Waals surface area contributed by atoms with Crippen LogP contribution in [0.25, 0.3) is 6.08 Å².